The fourth-order valence-corrected chi connectivity index (χ4v) is 3.32. The van der Waals surface area contributed by atoms with E-state index in [9.17, 15) is 13.2 Å². The van der Waals surface area contributed by atoms with Gasteiger partial charge >= 0.3 is 6.18 Å². The number of hydrogen-bond acceptors (Lipinski definition) is 2. The molecule has 0 radical (unpaired) electrons. The lowest BCUT2D eigenvalue weighted by atomic mass is 10.0. The Bertz CT molecular complexity index is 237. The van der Waals surface area contributed by atoms with Crippen molar-refractivity contribution in [2.24, 2.45) is 11.7 Å². The van der Waals surface area contributed by atoms with Crippen LogP contribution in [0.3, 0.4) is 0 Å². The molecule has 1 atom stereocenters. The van der Waals surface area contributed by atoms with Crippen molar-refractivity contribution in [3.63, 3.8) is 0 Å². The maximum atomic E-state index is 12.5. The Balaban J connectivity index is 2.40. The average Bonchev–Trinajstić information content (AvgIpc) is 2.17. The number of thioether (sulfide) groups is 1. The first kappa shape index (κ1) is 13.7. The highest BCUT2D eigenvalue weighted by atomic mass is 32.2. The summed E-state index contributed by atoms with van der Waals surface area (Å²) in [5.41, 5.74) is 4.99. The third-order valence-corrected chi connectivity index (χ3v) is 4.29. The molecule has 1 aliphatic rings. The summed E-state index contributed by atoms with van der Waals surface area (Å²) in [5, 5.41) is 7.29. The second-order valence-corrected chi connectivity index (χ2v) is 5.48. The lowest BCUT2D eigenvalue weighted by Crippen LogP contribution is -2.37. The molecule has 0 aromatic carbocycles. The van der Waals surface area contributed by atoms with Gasteiger partial charge in [-0.1, -0.05) is 19.3 Å². The van der Waals surface area contributed by atoms with E-state index in [0.717, 1.165) is 25.7 Å². The minimum absolute atomic E-state index is 0.108. The molecule has 0 spiro atoms. The van der Waals surface area contributed by atoms with Crippen molar-refractivity contribution in [2.45, 2.75) is 43.5 Å². The maximum absolute atomic E-state index is 12.5. The molecule has 0 amide bonds. The molecule has 1 unspecified atom stereocenters. The monoisotopic (exact) mass is 254 g/mol. The van der Waals surface area contributed by atoms with Crippen molar-refractivity contribution in [1.29, 1.82) is 5.41 Å². The van der Waals surface area contributed by atoms with Crippen molar-refractivity contribution in [2.75, 3.05) is 5.75 Å². The largest absolute Gasteiger partial charge is 0.399 e. The molecule has 1 rings (SSSR count). The van der Waals surface area contributed by atoms with Crippen molar-refractivity contribution in [1.82, 2.24) is 0 Å². The van der Waals surface area contributed by atoms with Crippen LogP contribution in [0.5, 0.6) is 0 Å². The van der Waals surface area contributed by atoms with E-state index < -0.39 is 17.9 Å². The third kappa shape index (κ3) is 4.23. The van der Waals surface area contributed by atoms with Gasteiger partial charge in [-0.3, -0.25) is 5.41 Å². The van der Waals surface area contributed by atoms with E-state index in [1.54, 1.807) is 0 Å². The minimum Gasteiger partial charge on any atom is -0.387 e. The average molecular weight is 254 g/mol. The molecule has 1 fully saturated rings. The Hall–Kier alpha value is -0.390. The first-order chi connectivity index (χ1) is 7.41. The number of alkyl halides is 3. The zero-order valence-electron chi connectivity index (χ0n) is 9.02. The van der Waals surface area contributed by atoms with Crippen LogP contribution in [0.1, 0.15) is 32.1 Å². The molecule has 0 heterocycles. The predicted molar refractivity (Wildman–Crippen MR) is 60.8 cm³/mol. The topological polar surface area (TPSA) is 49.9 Å². The Kier molecular flexibility index (Phi) is 4.95. The third-order valence-electron chi connectivity index (χ3n) is 2.82. The lowest BCUT2D eigenvalue weighted by molar-refractivity contribution is -0.150. The maximum Gasteiger partial charge on any atom is 0.399 e. The molecular weight excluding hydrogens is 237 g/mol. The summed E-state index contributed by atoms with van der Waals surface area (Å²) in [6.07, 6.45) is 1.00. The van der Waals surface area contributed by atoms with Gasteiger partial charge in [-0.15, -0.1) is 0 Å². The van der Waals surface area contributed by atoms with Crippen LogP contribution in [0.25, 0.3) is 0 Å². The molecule has 0 aromatic rings. The van der Waals surface area contributed by atoms with Crippen LogP contribution in [0.2, 0.25) is 0 Å². The van der Waals surface area contributed by atoms with E-state index >= 15 is 0 Å². The molecule has 0 bridgehead atoms. The van der Waals surface area contributed by atoms with Gasteiger partial charge in [0.05, 0.1) is 0 Å². The molecule has 94 valence electrons. The predicted octanol–water partition coefficient (Wildman–Crippen LogP) is 3.17. The van der Waals surface area contributed by atoms with Gasteiger partial charge in [0.15, 0.2) is 0 Å². The van der Waals surface area contributed by atoms with Crippen LogP contribution in [0.4, 0.5) is 13.2 Å². The number of nitrogens with one attached hydrogen (secondary N) is 1. The highest BCUT2D eigenvalue weighted by molar-refractivity contribution is 7.99. The van der Waals surface area contributed by atoms with Gasteiger partial charge in [-0.05, 0) is 12.8 Å². The van der Waals surface area contributed by atoms with E-state index in [1.807, 2.05) is 0 Å². The fraction of sp³-hybridized carbons (Fsp3) is 0.900. The SMILES string of the molecule is N=C(N)C(CSC1CCCCC1)C(F)(F)F. The lowest BCUT2D eigenvalue weighted by Gasteiger charge is -2.24. The van der Waals surface area contributed by atoms with Crippen LogP contribution in [-0.4, -0.2) is 23.0 Å². The summed E-state index contributed by atoms with van der Waals surface area (Å²) in [5.74, 6) is -2.65. The van der Waals surface area contributed by atoms with Gasteiger partial charge in [0.2, 0.25) is 0 Å². The number of halogens is 3. The van der Waals surface area contributed by atoms with Crippen molar-refractivity contribution in [3.8, 4) is 0 Å². The van der Waals surface area contributed by atoms with E-state index in [0.29, 0.717) is 5.25 Å². The summed E-state index contributed by atoms with van der Waals surface area (Å²) in [4.78, 5) is 0. The van der Waals surface area contributed by atoms with Crippen LogP contribution in [-0.2, 0) is 0 Å². The molecule has 2 nitrogen and oxygen atoms in total. The van der Waals surface area contributed by atoms with E-state index in [2.05, 4.69) is 0 Å². The standard InChI is InChI=1S/C10H17F3N2S/c11-10(12,13)8(9(14)15)6-16-7-4-2-1-3-5-7/h7-8H,1-6H2,(H3,14,15). The number of amidine groups is 1. The highest BCUT2D eigenvalue weighted by Gasteiger charge is 2.42. The Labute approximate surface area is 97.7 Å². The van der Waals surface area contributed by atoms with Gasteiger partial charge < -0.3 is 5.73 Å². The zero-order valence-corrected chi connectivity index (χ0v) is 9.83. The first-order valence-corrected chi connectivity index (χ1v) is 6.48. The van der Waals surface area contributed by atoms with Crippen LogP contribution in [0.15, 0.2) is 0 Å². The van der Waals surface area contributed by atoms with Crippen LogP contribution < -0.4 is 5.73 Å². The number of rotatable bonds is 4. The molecule has 1 aliphatic carbocycles. The molecule has 1 saturated carbocycles. The highest BCUT2D eigenvalue weighted by Crippen LogP contribution is 2.34. The second-order valence-electron chi connectivity index (χ2n) is 4.14. The molecule has 6 heteroatoms. The smallest absolute Gasteiger partial charge is 0.387 e. The van der Waals surface area contributed by atoms with Crippen molar-refractivity contribution < 1.29 is 13.2 Å². The Morgan fingerprint density at radius 1 is 1.31 bits per heavy atom. The Morgan fingerprint density at radius 2 is 1.88 bits per heavy atom. The summed E-state index contributed by atoms with van der Waals surface area (Å²) in [6.45, 7) is 0. The minimum atomic E-state index is -4.38. The summed E-state index contributed by atoms with van der Waals surface area (Å²) in [7, 11) is 0. The number of nitrogens with two attached hydrogens (primary N) is 1. The molecule has 3 N–H and O–H groups in total. The van der Waals surface area contributed by atoms with Gasteiger partial charge in [-0.25, -0.2) is 0 Å². The van der Waals surface area contributed by atoms with Gasteiger partial charge in [0, 0.05) is 11.0 Å². The van der Waals surface area contributed by atoms with E-state index in [-0.39, 0.29) is 5.75 Å². The molecule has 0 aromatic heterocycles. The second kappa shape index (κ2) is 5.80. The molecule has 16 heavy (non-hydrogen) atoms. The van der Waals surface area contributed by atoms with Crippen LogP contribution >= 0.6 is 11.8 Å². The van der Waals surface area contributed by atoms with E-state index in [1.165, 1.54) is 18.2 Å². The summed E-state index contributed by atoms with van der Waals surface area (Å²) < 4.78 is 37.5. The van der Waals surface area contributed by atoms with Crippen LogP contribution in [0, 0.1) is 11.3 Å². The van der Waals surface area contributed by atoms with Gasteiger partial charge in [0.25, 0.3) is 0 Å². The normalized spacial score (nSPS) is 20.7. The molecular formula is C10H17F3N2S. The summed E-state index contributed by atoms with van der Waals surface area (Å²) in [6, 6.07) is 0. The first-order valence-electron chi connectivity index (χ1n) is 5.43. The quantitative estimate of drug-likeness (QED) is 0.598. The fourth-order valence-electron chi connectivity index (χ4n) is 1.82. The number of hydrogen-bond donors (Lipinski definition) is 2. The molecule has 0 aliphatic heterocycles. The van der Waals surface area contributed by atoms with Gasteiger partial charge in [-0.2, -0.15) is 24.9 Å². The summed E-state index contributed by atoms with van der Waals surface area (Å²) >= 11 is 1.32. The van der Waals surface area contributed by atoms with Crippen molar-refractivity contribution in [3.05, 3.63) is 0 Å². The molecule has 0 saturated heterocycles. The van der Waals surface area contributed by atoms with E-state index in [4.69, 9.17) is 11.1 Å². The zero-order chi connectivity index (χ0) is 12.2. The Morgan fingerprint density at radius 3 is 2.31 bits per heavy atom. The van der Waals surface area contributed by atoms with Crippen molar-refractivity contribution >= 4 is 17.6 Å². The van der Waals surface area contributed by atoms with Gasteiger partial charge in [0.1, 0.15) is 11.8 Å².